The molecule has 8 nitrogen and oxygen atoms in total. The number of nitriles is 1. The number of anilines is 1. The smallest absolute Gasteiger partial charge is 0.371 e. The summed E-state index contributed by atoms with van der Waals surface area (Å²) in [6.07, 6.45) is 1.29. The average molecular weight is 472 g/mol. The molecule has 1 spiro atoms. The van der Waals surface area contributed by atoms with Crippen molar-refractivity contribution in [3.05, 3.63) is 53.6 Å². The number of carbonyl (C=O) groups is 2. The summed E-state index contributed by atoms with van der Waals surface area (Å²) in [6, 6.07) is 4.68. The number of aromatic nitrogens is 2. The molecule has 0 aliphatic carbocycles. The SMILES string of the molecule is CNC(=O)C1CC2(CCN(c3ccc(C#N)c(C(F)(F)F)c3)CC2)CN1C(=O)c1cnccn1. The van der Waals surface area contributed by atoms with Gasteiger partial charge >= 0.3 is 6.18 Å². The fraction of sp³-hybridized carbons (Fsp3) is 0.435. The monoisotopic (exact) mass is 472 g/mol. The Bertz CT molecular complexity index is 1120. The fourth-order valence-electron chi connectivity index (χ4n) is 4.89. The van der Waals surface area contributed by atoms with Gasteiger partial charge in [-0.1, -0.05) is 0 Å². The highest BCUT2D eigenvalue weighted by Gasteiger charge is 2.50. The second-order valence-corrected chi connectivity index (χ2v) is 8.68. The lowest BCUT2D eigenvalue weighted by Gasteiger charge is -2.40. The predicted molar refractivity (Wildman–Crippen MR) is 116 cm³/mol. The molecule has 0 bridgehead atoms. The number of piperidine rings is 1. The van der Waals surface area contributed by atoms with Crippen LogP contribution in [0.3, 0.4) is 0 Å². The maximum atomic E-state index is 13.4. The number of halogens is 3. The molecule has 2 aliphatic heterocycles. The number of hydrogen-bond donors (Lipinski definition) is 1. The first-order valence-electron chi connectivity index (χ1n) is 10.8. The molecule has 11 heteroatoms. The maximum absolute atomic E-state index is 13.4. The lowest BCUT2D eigenvalue weighted by atomic mass is 9.76. The van der Waals surface area contributed by atoms with Crippen molar-refractivity contribution < 1.29 is 22.8 Å². The van der Waals surface area contributed by atoms with Crippen LogP contribution in [0.15, 0.2) is 36.8 Å². The van der Waals surface area contributed by atoms with Crippen LogP contribution in [0.5, 0.6) is 0 Å². The first-order chi connectivity index (χ1) is 16.2. The zero-order valence-electron chi connectivity index (χ0n) is 18.5. The number of nitrogens with zero attached hydrogens (tertiary/aromatic N) is 5. The van der Waals surface area contributed by atoms with E-state index < -0.39 is 23.3 Å². The van der Waals surface area contributed by atoms with Crippen molar-refractivity contribution in [3.63, 3.8) is 0 Å². The van der Waals surface area contributed by atoms with Crippen LogP contribution in [0.2, 0.25) is 0 Å². The molecule has 2 saturated heterocycles. The molecule has 178 valence electrons. The standard InChI is InChI=1S/C23H23F3N6O2/c1-28-20(33)19-11-22(14-32(19)21(34)18-13-29-6-7-30-18)4-8-31(9-5-22)16-3-2-15(12-27)17(10-16)23(24,25)26/h2-3,6-7,10,13,19H,4-5,8-9,11,14H2,1H3,(H,28,33). The van der Waals surface area contributed by atoms with Crippen LogP contribution in [0.4, 0.5) is 18.9 Å². The van der Waals surface area contributed by atoms with Crippen molar-refractivity contribution in [2.45, 2.75) is 31.5 Å². The van der Waals surface area contributed by atoms with Gasteiger partial charge in [-0.05, 0) is 42.9 Å². The molecule has 34 heavy (non-hydrogen) atoms. The van der Waals surface area contributed by atoms with E-state index in [1.807, 2.05) is 4.90 Å². The van der Waals surface area contributed by atoms with Gasteiger partial charge in [-0.25, -0.2) is 4.98 Å². The zero-order valence-corrected chi connectivity index (χ0v) is 18.5. The van der Waals surface area contributed by atoms with Crippen molar-refractivity contribution in [2.75, 3.05) is 31.6 Å². The van der Waals surface area contributed by atoms with Crippen LogP contribution in [-0.4, -0.2) is 59.4 Å². The minimum absolute atomic E-state index is 0.156. The number of likely N-dealkylation sites (tertiary alicyclic amines) is 1. The summed E-state index contributed by atoms with van der Waals surface area (Å²) in [6.45, 7) is 1.29. The molecule has 2 aromatic rings. The molecule has 1 N–H and O–H groups in total. The predicted octanol–water partition coefficient (Wildman–Crippen LogP) is 2.61. The van der Waals surface area contributed by atoms with Crippen molar-refractivity contribution in [3.8, 4) is 6.07 Å². The van der Waals surface area contributed by atoms with Gasteiger partial charge in [-0.15, -0.1) is 0 Å². The van der Waals surface area contributed by atoms with E-state index in [2.05, 4.69) is 15.3 Å². The third kappa shape index (κ3) is 4.40. The van der Waals surface area contributed by atoms with Crippen molar-refractivity contribution in [1.82, 2.24) is 20.2 Å². The summed E-state index contributed by atoms with van der Waals surface area (Å²) in [5.41, 5.74) is -1.13. The lowest BCUT2D eigenvalue weighted by molar-refractivity contribution is -0.137. The van der Waals surface area contributed by atoms with Gasteiger partial charge in [-0.2, -0.15) is 18.4 Å². The van der Waals surface area contributed by atoms with E-state index in [0.717, 1.165) is 6.07 Å². The van der Waals surface area contributed by atoms with Gasteiger partial charge in [0, 0.05) is 44.8 Å². The molecule has 1 unspecified atom stereocenters. The Balaban J connectivity index is 1.53. The van der Waals surface area contributed by atoms with Crippen molar-refractivity contribution >= 4 is 17.5 Å². The molecule has 4 rings (SSSR count). The summed E-state index contributed by atoms with van der Waals surface area (Å²) >= 11 is 0. The van der Waals surface area contributed by atoms with Crippen LogP contribution < -0.4 is 10.2 Å². The van der Waals surface area contributed by atoms with Gasteiger partial charge in [0.25, 0.3) is 5.91 Å². The van der Waals surface area contributed by atoms with Crippen LogP contribution in [-0.2, 0) is 11.0 Å². The Morgan fingerprint density at radius 3 is 2.56 bits per heavy atom. The summed E-state index contributed by atoms with van der Waals surface area (Å²) in [7, 11) is 1.52. The van der Waals surface area contributed by atoms with E-state index in [-0.39, 0.29) is 22.9 Å². The molecular weight excluding hydrogens is 449 g/mol. The fourth-order valence-corrected chi connectivity index (χ4v) is 4.89. The highest BCUT2D eigenvalue weighted by atomic mass is 19.4. The van der Waals surface area contributed by atoms with Gasteiger partial charge in [0.05, 0.1) is 23.4 Å². The Labute approximate surface area is 194 Å². The van der Waals surface area contributed by atoms with Gasteiger partial charge in [0.1, 0.15) is 11.7 Å². The largest absolute Gasteiger partial charge is 0.417 e. The van der Waals surface area contributed by atoms with Gasteiger partial charge in [0.15, 0.2) is 0 Å². The molecule has 0 saturated carbocycles. The van der Waals surface area contributed by atoms with E-state index in [4.69, 9.17) is 5.26 Å². The number of likely N-dealkylation sites (N-methyl/N-ethyl adjacent to an activating group) is 1. The molecule has 1 atom stereocenters. The summed E-state index contributed by atoms with van der Waals surface area (Å²) in [4.78, 5) is 37.0. The molecule has 2 aliphatic rings. The number of amides is 2. The van der Waals surface area contributed by atoms with Crippen molar-refractivity contribution in [2.24, 2.45) is 5.41 Å². The number of rotatable bonds is 3. The second-order valence-electron chi connectivity index (χ2n) is 8.68. The Morgan fingerprint density at radius 2 is 1.97 bits per heavy atom. The number of carbonyl (C=O) groups excluding carboxylic acids is 2. The van der Waals surface area contributed by atoms with E-state index in [9.17, 15) is 22.8 Å². The summed E-state index contributed by atoms with van der Waals surface area (Å²) in [5.74, 6) is -0.638. The van der Waals surface area contributed by atoms with Crippen LogP contribution in [0.1, 0.15) is 40.9 Å². The van der Waals surface area contributed by atoms with Gasteiger partial charge in [0.2, 0.25) is 5.91 Å². The Hall–Kier alpha value is -3.68. The minimum atomic E-state index is -4.62. The topological polar surface area (TPSA) is 102 Å². The minimum Gasteiger partial charge on any atom is -0.371 e. The second kappa shape index (κ2) is 8.93. The molecule has 2 amide bonds. The summed E-state index contributed by atoms with van der Waals surface area (Å²) in [5, 5.41) is 11.6. The number of benzene rings is 1. The Morgan fingerprint density at radius 1 is 1.24 bits per heavy atom. The zero-order chi connectivity index (χ0) is 24.5. The quantitative estimate of drug-likeness (QED) is 0.737. The first kappa shape index (κ1) is 23.5. The first-order valence-corrected chi connectivity index (χ1v) is 10.8. The van der Waals surface area contributed by atoms with E-state index in [1.54, 1.807) is 6.07 Å². The molecular formula is C23H23F3N6O2. The van der Waals surface area contributed by atoms with Gasteiger partial charge < -0.3 is 15.1 Å². The maximum Gasteiger partial charge on any atom is 0.417 e. The molecule has 3 heterocycles. The normalized spacial score (nSPS) is 19.7. The summed E-state index contributed by atoms with van der Waals surface area (Å²) < 4.78 is 40.1. The van der Waals surface area contributed by atoms with Crippen molar-refractivity contribution in [1.29, 1.82) is 5.26 Å². The molecule has 1 aromatic heterocycles. The van der Waals surface area contributed by atoms with Gasteiger partial charge in [-0.3, -0.25) is 14.6 Å². The lowest BCUT2D eigenvalue weighted by Crippen LogP contribution is -2.45. The van der Waals surface area contributed by atoms with E-state index >= 15 is 0 Å². The number of alkyl halides is 3. The van der Waals surface area contributed by atoms with Crippen LogP contribution >= 0.6 is 0 Å². The highest BCUT2D eigenvalue weighted by Crippen LogP contribution is 2.45. The third-order valence-electron chi connectivity index (χ3n) is 6.72. The highest BCUT2D eigenvalue weighted by molar-refractivity contribution is 5.96. The van der Waals surface area contributed by atoms with E-state index in [0.29, 0.717) is 44.6 Å². The molecule has 2 fully saturated rings. The number of nitrogens with one attached hydrogen (secondary N) is 1. The average Bonchev–Trinajstić information content (AvgIpc) is 3.22. The molecule has 1 aromatic carbocycles. The Kier molecular flexibility index (Phi) is 6.17. The third-order valence-corrected chi connectivity index (χ3v) is 6.72. The van der Waals surface area contributed by atoms with Crippen LogP contribution in [0, 0.1) is 16.7 Å². The number of hydrogen-bond acceptors (Lipinski definition) is 6. The van der Waals surface area contributed by atoms with E-state index in [1.165, 1.54) is 42.7 Å². The van der Waals surface area contributed by atoms with Crippen LogP contribution in [0.25, 0.3) is 0 Å². The molecule has 0 radical (unpaired) electrons.